The van der Waals surface area contributed by atoms with E-state index in [1.807, 2.05) is 6.08 Å². The first-order valence-electron chi connectivity index (χ1n) is 3.14. The molecule has 0 nitrogen and oxygen atoms in total. The summed E-state index contributed by atoms with van der Waals surface area (Å²) in [6.45, 7) is 3.72. The number of hydrogen-bond acceptors (Lipinski definition) is 0. The van der Waals surface area contributed by atoms with Gasteiger partial charge in [-0.15, -0.1) is 0 Å². The van der Waals surface area contributed by atoms with Gasteiger partial charge in [-0.3, -0.25) is 0 Å². The minimum absolute atomic E-state index is 0.183. The van der Waals surface area contributed by atoms with E-state index in [0.29, 0.717) is 0 Å². The van der Waals surface area contributed by atoms with Crippen molar-refractivity contribution >= 4 is 0 Å². The van der Waals surface area contributed by atoms with Gasteiger partial charge in [0.1, 0.15) is 0 Å². The summed E-state index contributed by atoms with van der Waals surface area (Å²) in [5.74, 6) is 0. The molecule has 0 fully saturated rings. The average molecular weight is 204 g/mol. The van der Waals surface area contributed by atoms with Crippen molar-refractivity contribution in [3.63, 3.8) is 0 Å². The van der Waals surface area contributed by atoms with Crippen LogP contribution in [0, 0.1) is 0 Å². The monoisotopic (exact) mass is 206 g/mol. The Bertz CT molecular complexity index is 154. The van der Waals surface area contributed by atoms with Gasteiger partial charge in [0.25, 0.3) is 0 Å². The van der Waals surface area contributed by atoms with Gasteiger partial charge < -0.3 is 0 Å². The van der Waals surface area contributed by atoms with Crippen LogP contribution in [0.3, 0.4) is 0 Å². The topological polar surface area (TPSA) is 0 Å². The van der Waals surface area contributed by atoms with Crippen LogP contribution in [-0.2, 0) is 18.6 Å². The molecule has 0 aromatic rings. The molecule has 0 saturated carbocycles. The Labute approximate surface area is 64.9 Å². The summed E-state index contributed by atoms with van der Waals surface area (Å²) in [5.41, 5.74) is 0. The number of allylic oxidation sites excluding steroid dienone is 5. The van der Waals surface area contributed by atoms with Crippen LogP contribution in [0.2, 0.25) is 4.81 Å². The quantitative estimate of drug-likeness (QED) is 0.487. The zero-order valence-electron chi connectivity index (χ0n) is 5.43. The second-order valence-electron chi connectivity index (χ2n) is 1.99. The Kier molecular flexibility index (Phi) is 3.00. The second kappa shape index (κ2) is 3.84. The summed E-state index contributed by atoms with van der Waals surface area (Å²) in [7, 11) is 0. The number of hydrogen-bond donors (Lipinski definition) is 0. The van der Waals surface area contributed by atoms with Crippen molar-refractivity contribution in [1.82, 2.24) is 0 Å². The third-order valence-corrected chi connectivity index (χ3v) is 4.48. The van der Waals surface area contributed by atoms with E-state index in [2.05, 4.69) is 24.8 Å². The third-order valence-electron chi connectivity index (χ3n) is 1.24. The van der Waals surface area contributed by atoms with Gasteiger partial charge in [0.05, 0.1) is 0 Å². The molecule has 9 heavy (non-hydrogen) atoms. The molecular weight excluding hydrogens is 192 g/mol. The molecule has 1 aliphatic rings. The molecule has 0 aromatic carbocycles. The molecule has 0 spiro atoms. The maximum atomic E-state index is 3.72. The predicted octanol–water partition coefficient (Wildman–Crippen LogP) is 1.98. The van der Waals surface area contributed by atoms with Crippen LogP contribution in [-0.4, -0.2) is 0 Å². The predicted molar refractivity (Wildman–Crippen MR) is 39.6 cm³/mol. The van der Waals surface area contributed by atoms with Gasteiger partial charge >= 0.3 is 64.6 Å². The van der Waals surface area contributed by atoms with Gasteiger partial charge in [0.15, 0.2) is 0 Å². The molecule has 1 heteroatoms. The van der Waals surface area contributed by atoms with E-state index in [1.54, 1.807) is 3.96 Å². The van der Waals surface area contributed by atoms with Crippen molar-refractivity contribution in [2.24, 2.45) is 0 Å². The summed E-state index contributed by atoms with van der Waals surface area (Å²) >= 11 is -0.183. The minimum atomic E-state index is -0.183. The Morgan fingerprint density at radius 2 is 2.67 bits per heavy atom. The SMILES string of the molecule is C=C[CH2][MoH2][C]1=CC=CC1. The fourth-order valence-corrected chi connectivity index (χ4v) is 2.95. The Balaban J connectivity index is 2.21. The molecule has 0 heterocycles. The van der Waals surface area contributed by atoms with Gasteiger partial charge in [-0.1, -0.05) is 0 Å². The average Bonchev–Trinajstić information content (AvgIpc) is 2.34. The first kappa shape index (κ1) is 7.02. The molecule has 0 saturated heterocycles. The van der Waals surface area contributed by atoms with Crippen molar-refractivity contribution < 1.29 is 18.6 Å². The van der Waals surface area contributed by atoms with E-state index in [4.69, 9.17) is 0 Å². The van der Waals surface area contributed by atoms with Crippen LogP contribution in [0.1, 0.15) is 6.42 Å². The summed E-state index contributed by atoms with van der Waals surface area (Å²) < 4.78 is 1.71. The van der Waals surface area contributed by atoms with Gasteiger partial charge in [-0.05, 0) is 0 Å². The first-order valence-corrected chi connectivity index (χ1v) is 6.10. The van der Waals surface area contributed by atoms with Gasteiger partial charge in [0.2, 0.25) is 0 Å². The van der Waals surface area contributed by atoms with E-state index >= 15 is 0 Å². The van der Waals surface area contributed by atoms with Crippen molar-refractivity contribution in [3.05, 3.63) is 34.8 Å². The molecule has 1 rings (SSSR count). The van der Waals surface area contributed by atoms with Crippen molar-refractivity contribution in [2.75, 3.05) is 0 Å². The molecule has 0 bridgehead atoms. The standard InChI is InChI=1S/C5H5.C3H5.Mo.2H/c1-2-4-5-3-1;1-3-2;;;/h1-3H,4H2;3H,1-2H2;;;. The molecule has 0 atom stereocenters. The molecule has 0 unspecified atom stereocenters. The zero-order chi connectivity index (χ0) is 6.53. The molecule has 1 aliphatic carbocycles. The Morgan fingerprint density at radius 3 is 3.22 bits per heavy atom. The van der Waals surface area contributed by atoms with E-state index in [-0.39, 0.29) is 18.6 Å². The van der Waals surface area contributed by atoms with Gasteiger partial charge in [-0.25, -0.2) is 0 Å². The maximum absolute atomic E-state index is 3.72. The van der Waals surface area contributed by atoms with Gasteiger partial charge in [0, 0.05) is 0 Å². The van der Waals surface area contributed by atoms with Crippen molar-refractivity contribution in [3.8, 4) is 0 Å². The summed E-state index contributed by atoms with van der Waals surface area (Å²) in [6.07, 6.45) is 9.96. The molecule has 0 radical (unpaired) electrons. The summed E-state index contributed by atoms with van der Waals surface area (Å²) in [6, 6.07) is 0. The molecule has 0 aromatic heterocycles. The third kappa shape index (κ3) is 2.32. The molecular formula is C8H12Mo. The fourth-order valence-electron chi connectivity index (χ4n) is 0.782. The summed E-state index contributed by atoms with van der Waals surface area (Å²) in [4.78, 5) is 1.29. The van der Waals surface area contributed by atoms with Crippen LogP contribution in [0.25, 0.3) is 0 Å². The van der Waals surface area contributed by atoms with E-state index in [9.17, 15) is 0 Å². The van der Waals surface area contributed by atoms with Crippen LogP contribution in [0.15, 0.2) is 34.8 Å². The normalized spacial score (nSPS) is 18.0. The molecule has 0 aliphatic heterocycles. The van der Waals surface area contributed by atoms with Crippen molar-refractivity contribution in [1.29, 1.82) is 0 Å². The van der Waals surface area contributed by atoms with E-state index < -0.39 is 0 Å². The number of rotatable bonds is 3. The van der Waals surface area contributed by atoms with Crippen LogP contribution in [0.5, 0.6) is 0 Å². The molecule has 0 N–H and O–H groups in total. The zero-order valence-corrected chi connectivity index (χ0v) is 7.89. The summed E-state index contributed by atoms with van der Waals surface area (Å²) in [5, 5.41) is 0. The fraction of sp³-hybridized carbons (Fsp3) is 0.250. The second-order valence-corrected chi connectivity index (χ2v) is 5.44. The Morgan fingerprint density at radius 1 is 1.78 bits per heavy atom. The molecule has 0 amide bonds. The van der Waals surface area contributed by atoms with E-state index in [1.165, 1.54) is 11.2 Å². The first-order chi connectivity index (χ1) is 4.43. The van der Waals surface area contributed by atoms with E-state index in [0.717, 1.165) is 0 Å². The van der Waals surface area contributed by atoms with Crippen LogP contribution in [0.4, 0.5) is 0 Å². The Hall–Kier alpha value is -0.0917. The molecule has 50 valence electrons. The van der Waals surface area contributed by atoms with Crippen LogP contribution >= 0.6 is 0 Å². The van der Waals surface area contributed by atoms with Crippen molar-refractivity contribution in [2.45, 2.75) is 11.2 Å². The van der Waals surface area contributed by atoms with Crippen LogP contribution < -0.4 is 0 Å². The van der Waals surface area contributed by atoms with Gasteiger partial charge in [-0.2, -0.15) is 0 Å².